The van der Waals surface area contributed by atoms with Gasteiger partial charge in [-0.2, -0.15) is 13.8 Å². The zero-order chi connectivity index (χ0) is 22.5. The Morgan fingerprint density at radius 3 is 2.59 bits per heavy atom. The van der Waals surface area contributed by atoms with E-state index in [2.05, 4.69) is 30.4 Å². The van der Waals surface area contributed by atoms with Gasteiger partial charge in [0.05, 0.1) is 5.71 Å². The second kappa shape index (κ2) is 9.86. The predicted molar refractivity (Wildman–Crippen MR) is 122 cm³/mol. The summed E-state index contributed by atoms with van der Waals surface area (Å²) in [6.07, 6.45) is 3.46. The summed E-state index contributed by atoms with van der Waals surface area (Å²) < 4.78 is 26.7. The topological polar surface area (TPSA) is 90.2 Å². The van der Waals surface area contributed by atoms with Crippen LogP contribution in [0.15, 0.2) is 41.4 Å². The lowest BCUT2D eigenvalue weighted by atomic mass is 10.0. The van der Waals surface area contributed by atoms with E-state index in [1.54, 1.807) is 7.05 Å². The molecule has 4 rings (SSSR count). The molecule has 0 amide bonds. The van der Waals surface area contributed by atoms with Crippen LogP contribution >= 0.6 is 0 Å². The number of piperidine rings is 1. The number of aromatic nitrogens is 3. The van der Waals surface area contributed by atoms with Gasteiger partial charge >= 0.3 is 0 Å². The highest BCUT2D eigenvalue weighted by Gasteiger charge is 2.23. The van der Waals surface area contributed by atoms with Gasteiger partial charge in [0.1, 0.15) is 5.69 Å². The van der Waals surface area contributed by atoms with Crippen LogP contribution in [0.3, 0.4) is 0 Å². The van der Waals surface area contributed by atoms with Crippen molar-refractivity contribution in [1.82, 2.24) is 20.5 Å². The number of aliphatic imine (C=N–C) groups is 1. The van der Waals surface area contributed by atoms with Gasteiger partial charge in [0.15, 0.2) is 5.82 Å². The Hall–Kier alpha value is -3.33. The number of hydrogen-bond donors (Lipinski definition) is 2. The number of benzene rings is 1. The van der Waals surface area contributed by atoms with Crippen molar-refractivity contribution >= 4 is 28.5 Å². The zero-order valence-corrected chi connectivity index (χ0v) is 17.9. The number of nitrogens with one attached hydrogen (secondary N) is 2. The predicted octanol–water partition coefficient (Wildman–Crippen LogP) is 3.52. The van der Waals surface area contributed by atoms with E-state index < -0.39 is 11.9 Å². The van der Waals surface area contributed by atoms with Crippen molar-refractivity contribution in [3.63, 3.8) is 0 Å². The number of fused-ring (bicyclic) bond motifs is 1. The van der Waals surface area contributed by atoms with E-state index in [0.29, 0.717) is 24.2 Å². The normalized spacial score (nSPS) is 15.3. The molecule has 0 spiro atoms. The molecule has 3 aromatic rings. The van der Waals surface area contributed by atoms with Crippen LogP contribution in [0, 0.1) is 17.3 Å². The molecule has 0 aliphatic carbocycles. The first-order valence-corrected chi connectivity index (χ1v) is 10.6. The van der Waals surface area contributed by atoms with E-state index in [-0.39, 0.29) is 6.04 Å². The Balaban J connectivity index is 1.46. The van der Waals surface area contributed by atoms with Crippen LogP contribution in [0.2, 0.25) is 0 Å². The number of nitrogens with zero attached hydrogens (tertiary/aromatic N) is 5. The van der Waals surface area contributed by atoms with Crippen LogP contribution in [0.4, 0.5) is 14.6 Å². The Bertz CT molecular complexity index is 1140. The minimum Gasteiger partial charge on any atom is -0.354 e. The third-order valence-corrected chi connectivity index (χ3v) is 5.77. The summed E-state index contributed by atoms with van der Waals surface area (Å²) >= 11 is 0. The summed E-state index contributed by atoms with van der Waals surface area (Å²) in [4.78, 5) is 9.75. The van der Waals surface area contributed by atoms with Gasteiger partial charge in [-0.1, -0.05) is 24.3 Å². The number of pyridine rings is 1. The SMILES string of the molecule is CN=C(CC=N)c1nnc(N2CCC(NCc3ccc(F)nc3F)CC2)c2ccccc12. The van der Waals surface area contributed by atoms with Crippen molar-refractivity contribution in [2.24, 2.45) is 4.99 Å². The molecule has 3 heterocycles. The Morgan fingerprint density at radius 1 is 1.16 bits per heavy atom. The summed E-state index contributed by atoms with van der Waals surface area (Å²) in [5.74, 6) is -0.745. The van der Waals surface area contributed by atoms with Crippen LogP contribution in [-0.2, 0) is 6.54 Å². The molecule has 1 aliphatic rings. The van der Waals surface area contributed by atoms with Gasteiger partial charge in [-0.05, 0) is 25.0 Å². The quantitative estimate of drug-likeness (QED) is 0.436. The second-order valence-corrected chi connectivity index (χ2v) is 7.72. The van der Waals surface area contributed by atoms with Gasteiger partial charge in [0.2, 0.25) is 11.9 Å². The minimum absolute atomic E-state index is 0.223. The highest BCUT2D eigenvalue weighted by Crippen LogP contribution is 2.28. The lowest BCUT2D eigenvalue weighted by Crippen LogP contribution is -2.42. The minimum atomic E-state index is -0.811. The lowest BCUT2D eigenvalue weighted by molar-refractivity contribution is 0.405. The van der Waals surface area contributed by atoms with Crippen LogP contribution in [0.1, 0.15) is 30.5 Å². The largest absolute Gasteiger partial charge is 0.354 e. The van der Waals surface area contributed by atoms with Crippen molar-refractivity contribution in [3.8, 4) is 0 Å². The number of rotatable bonds is 7. The van der Waals surface area contributed by atoms with Crippen molar-refractivity contribution < 1.29 is 8.78 Å². The van der Waals surface area contributed by atoms with Crippen LogP contribution in [0.5, 0.6) is 0 Å². The standard InChI is InChI=1S/C23H25F2N7/c1-27-19(8-11-26)21-17-4-2-3-5-18(17)23(31-30-21)32-12-9-16(10-13-32)28-14-15-6-7-20(24)29-22(15)25/h2-7,11,16,26,28H,8-10,12-14H2,1H3. The molecule has 0 bridgehead atoms. The monoisotopic (exact) mass is 437 g/mol. The fourth-order valence-electron chi connectivity index (χ4n) is 4.05. The molecule has 166 valence electrons. The molecule has 9 heteroatoms. The van der Waals surface area contributed by atoms with Crippen molar-refractivity contribution in [2.45, 2.75) is 31.8 Å². The van der Waals surface area contributed by atoms with Gasteiger partial charge in [-0.3, -0.25) is 4.99 Å². The molecule has 0 atom stereocenters. The van der Waals surface area contributed by atoms with E-state index in [9.17, 15) is 8.78 Å². The first-order valence-electron chi connectivity index (χ1n) is 10.6. The molecule has 7 nitrogen and oxygen atoms in total. The van der Waals surface area contributed by atoms with Gasteiger partial charge in [0, 0.05) is 61.7 Å². The number of halogens is 2. The van der Waals surface area contributed by atoms with Crippen LogP contribution in [0.25, 0.3) is 10.8 Å². The summed E-state index contributed by atoms with van der Waals surface area (Å²) in [6, 6.07) is 10.8. The van der Waals surface area contributed by atoms with E-state index in [0.717, 1.165) is 48.2 Å². The smallest absolute Gasteiger partial charge is 0.220 e. The first-order chi connectivity index (χ1) is 15.6. The van der Waals surface area contributed by atoms with Crippen LogP contribution < -0.4 is 10.2 Å². The van der Waals surface area contributed by atoms with Gasteiger partial charge in [-0.25, -0.2) is 0 Å². The molecule has 0 radical (unpaired) electrons. The zero-order valence-electron chi connectivity index (χ0n) is 17.9. The van der Waals surface area contributed by atoms with Crippen molar-refractivity contribution in [2.75, 3.05) is 25.0 Å². The number of anilines is 1. The van der Waals surface area contributed by atoms with Crippen LogP contribution in [-0.4, -0.2) is 53.3 Å². The first kappa shape index (κ1) is 21.9. The summed E-state index contributed by atoms with van der Waals surface area (Å²) in [5, 5.41) is 21.7. The fraction of sp³-hybridized carbons (Fsp3) is 0.348. The average Bonchev–Trinajstić information content (AvgIpc) is 2.82. The van der Waals surface area contributed by atoms with Gasteiger partial charge in [-0.15, -0.1) is 10.2 Å². The summed E-state index contributed by atoms with van der Waals surface area (Å²) in [5.41, 5.74) is 1.81. The fourth-order valence-corrected chi connectivity index (χ4v) is 4.05. The maximum Gasteiger partial charge on any atom is 0.220 e. The summed E-state index contributed by atoms with van der Waals surface area (Å²) in [6.45, 7) is 1.89. The molecule has 2 N–H and O–H groups in total. The second-order valence-electron chi connectivity index (χ2n) is 7.72. The third kappa shape index (κ3) is 4.62. The van der Waals surface area contributed by atoms with Gasteiger partial charge in [0.25, 0.3) is 0 Å². The van der Waals surface area contributed by atoms with Gasteiger partial charge < -0.3 is 15.6 Å². The van der Waals surface area contributed by atoms with E-state index in [1.807, 2.05) is 24.3 Å². The number of hydrogen-bond acceptors (Lipinski definition) is 7. The highest BCUT2D eigenvalue weighted by atomic mass is 19.1. The molecule has 1 aromatic carbocycles. The molecule has 0 unspecified atom stereocenters. The van der Waals surface area contributed by atoms with E-state index in [4.69, 9.17) is 5.41 Å². The molecule has 0 saturated carbocycles. The highest BCUT2D eigenvalue weighted by molar-refractivity contribution is 6.14. The maximum absolute atomic E-state index is 13.8. The molecule has 1 fully saturated rings. The molecular weight excluding hydrogens is 412 g/mol. The molecular formula is C23H25F2N7. The Morgan fingerprint density at radius 2 is 1.91 bits per heavy atom. The van der Waals surface area contributed by atoms with Crippen molar-refractivity contribution in [1.29, 1.82) is 5.41 Å². The Labute approximate surface area is 185 Å². The average molecular weight is 437 g/mol. The third-order valence-electron chi connectivity index (χ3n) is 5.77. The van der Waals surface area contributed by atoms with E-state index >= 15 is 0 Å². The molecule has 32 heavy (non-hydrogen) atoms. The maximum atomic E-state index is 13.8. The molecule has 2 aromatic heterocycles. The molecule has 1 aliphatic heterocycles. The Kier molecular flexibility index (Phi) is 6.75. The summed E-state index contributed by atoms with van der Waals surface area (Å²) in [7, 11) is 1.70. The molecule has 1 saturated heterocycles. The van der Waals surface area contributed by atoms with Crippen molar-refractivity contribution in [3.05, 3.63) is 59.6 Å². The lowest BCUT2D eigenvalue weighted by Gasteiger charge is -2.33. The van der Waals surface area contributed by atoms with E-state index in [1.165, 1.54) is 18.3 Å².